The van der Waals surface area contributed by atoms with E-state index in [4.69, 9.17) is 4.74 Å². The number of aromatic amines is 1. The maximum atomic E-state index is 14.1. The van der Waals surface area contributed by atoms with Crippen molar-refractivity contribution in [3.8, 4) is 17.6 Å². The molecular weight excluding hydrogens is 333 g/mol. The molecule has 0 bridgehead atoms. The fraction of sp³-hybridized carbons (Fsp3) is 0.190. The van der Waals surface area contributed by atoms with Gasteiger partial charge in [-0.25, -0.2) is 4.39 Å². The highest BCUT2D eigenvalue weighted by Crippen LogP contribution is 2.34. The summed E-state index contributed by atoms with van der Waals surface area (Å²) in [7, 11) is 0. The van der Waals surface area contributed by atoms with Crippen LogP contribution >= 0.6 is 0 Å². The summed E-state index contributed by atoms with van der Waals surface area (Å²) >= 11 is 0. The van der Waals surface area contributed by atoms with Crippen molar-refractivity contribution in [2.45, 2.75) is 19.3 Å². The van der Waals surface area contributed by atoms with E-state index in [1.165, 1.54) is 0 Å². The molecule has 1 aromatic heterocycles. The normalized spacial score (nSPS) is 15.7. The van der Waals surface area contributed by atoms with Crippen LogP contribution in [0.1, 0.15) is 34.6 Å². The molecule has 1 aliphatic heterocycles. The smallest absolute Gasteiger partial charge is 0.311 e. The number of aliphatic carboxylic acids is 1. The van der Waals surface area contributed by atoms with Gasteiger partial charge in [0, 0.05) is 22.7 Å². The second-order valence-electron chi connectivity index (χ2n) is 6.35. The molecule has 0 saturated heterocycles. The van der Waals surface area contributed by atoms with Gasteiger partial charge in [-0.3, -0.25) is 4.79 Å². The summed E-state index contributed by atoms with van der Waals surface area (Å²) in [6, 6.07) is 8.89. The second kappa shape index (κ2) is 6.23. The van der Waals surface area contributed by atoms with E-state index in [0.29, 0.717) is 46.5 Å². The van der Waals surface area contributed by atoms with Crippen LogP contribution in [0.15, 0.2) is 36.5 Å². The van der Waals surface area contributed by atoms with E-state index < -0.39 is 11.9 Å². The highest BCUT2D eigenvalue weighted by Gasteiger charge is 2.27. The summed E-state index contributed by atoms with van der Waals surface area (Å²) in [5.74, 6) is 4.97. The van der Waals surface area contributed by atoms with Crippen molar-refractivity contribution in [2.75, 3.05) is 6.61 Å². The molecule has 0 spiro atoms. The van der Waals surface area contributed by atoms with Gasteiger partial charge in [-0.05, 0) is 37.1 Å². The Morgan fingerprint density at radius 1 is 1.31 bits per heavy atom. The van der Waals surface area contributed by atoms with Gasteiger partial charge < -0.3 is 14.8 Å². The molecule has 0 fully saturated rings. The number of halogens is 1. The molecule has 1 aliphatic rings. The van der Waals surface area contributed by atoms with Crippen LogP contribution in [0, 0.1) is 24.6 Å². The van der Waals surface area contributed by atoms with Crippen molar-refractivity contribution < 1.29 is 19.0 Å². The molecule has 4 nitrogen and oxygen atoms in total. The highest BCUT2D eigenvalue weighted by atomic mass is 19.1. The van der Waals surface area contributed by atoms with Gasteiger partial charge in [0.05, 0.1) is 23.6 Å². The summed E-state index contributed by atoms with van der Waals surface area (Å²) in [4.78, 5) is 14.4. The lowest BCUT2D eigenvalue weighted by Gasteiger charge is -2.23. The molecule has 130 valence electrons. The minimum atomic E-state index is -0.859. The van der Waals surface area contributed by atoms with Gasteiger partial charge in [0.15, 0.2) is 0 Å². The lowest BCUT2D eigenvalue weighted by molar-refractivity contribution is -0.139. The Morgan fingerprint density at radius 2 is 2.15 bits per heavy atom. The van der Waals surface area contributed by atoms with Crippen molar-refractivity contribution >= 4 is 16.9 Å². The van der Waals surface area contributed by atoms with Crippen LogP contribution in [-0.4, -0.2) is 22.7 Å². The van der Waals surface area contributed by atoms with Crippen molar-refractivity contribution in [2.24, 2.45) is 0 Å². The Labute approximate surface area is 149 Å². The number of rotatable bonds is 1. The molecule has 2 N–H and O–H groups in total. The van der Waals surface area contributed by atoms with Crippen molar-refractivity contribution in [1.82, 2.24) is 4.98 Å². The fourth-order valence-electron chi connectivity index (χ4n) is 3.24. The van der Waals surface area contributed by atoms with Crippen molar-refractivity contribution in [3.63, 3.8) is 0 Å². The molecule has 2 heterocycles. The number of benzene rings is 2. The maximum absolute atomic E-state index is 14.1. The lowest BCUT2D eigenvalue weighted by atomic mass is 9.92. The van der Waals surface area contributed by atoms with Crippen LogP contribution in [0.5, 0.6) is 5.75 Å². The minimum Gasteiger partial charge on any atom is -0.493 e. The Bertz CT molecular complexity index is 1090. The molecule has 5 heteroatoms. The van der Waals surface area contributed by atoms with Crippen LogP contribution in [0.4, 0.5) is 4.39 Å². The second-order valence-corrected chi connectivity index (χ2v) is 6.35. The zero-order chi connectivity index (χ0) is 18.3. The van der Waals surface area contributed by atoms with Gasteiger partial charge in [-0.1, -0.05) is 24.0 Å². The first-order valence-corrected chi connectivity index (χ1v) is 8.32. The van der Waals surface area contributed by atoms with Crippen LogP contribution in [-0.2, 0) is 4.79 Å². The largest absolute Gasteiger partial charge is 0.493 e. The van der Waals surface area contributed by atoms with E-state index in [0.717, 1.165) is 5.39 Å². The van der Waals surface area contributed by atoms with Crippen LogP contribution in [0.3, 0.4) is 0 Å². The zero-order valence-corrected chi connectivity index (χ0v) is 14.1. The number of nitrogens with one attached hydrogen (secondary N) is 1. The first kappa shape index (κ1) is 16.2. The van der Waals surface area contributed by atoms with Crippen LogP contribution in [0.25, 0.3) is 10.9 Å². The fourth-order valence-corrected chi connectivity index (χ4v) is 3.24. The molecular formula is C21H16FNO3. The van der Waals surface area contributed by atoms with Gasteiger partial charge >= 0.3 is 5.97 Å². The molecule has 1 unspecified atom stereocenters. The SMILES string of the molecule is Cc1ccc2c(C#Cc3ccc4c(c3)C(C(=O)O)CCO4)c[nH]c2c1F. The van der Waals surface area contributed by atoms with E-state index in [1.807, 2.05) is 6.07 Å². The molecule has 2 aromatic carbocycles. The molecule has 0 saturated carbocycles. The van der Waals surface area contributed by atoms with Crippen molar-refractivity contribution in [1.29, 1.82) is 0 Å². The van der Waals surface area contributed by atoms with E-state index >= 15 is 0 Å². The Morgan fingerprint density at radius 3 is 2.96 bits per heavy atom. The number of fused-ring (bicyclic) bond motifs is 2. The number of ether oxygens (including phenoxy) is 1. The Balaban J connectivity index is 1.73. The van der Waals surface area contributed by atoms with Gasteiger partial charge in [0.2, 0.25) is 0 Å². The Kier molecular flexibility index (Phi) is 3.89. The number of H-pyrrole nitrogens is 1. The minimum absolute atomic E-state index is 0.272. The van der Waals surface area contributed by atoms with Gasteiger partial charge in [-0.2, -0.15) is 0 Å². The number of aryl methyl sites for hydroxylation is 1. The molecule has 0 aliphatic carbocycles. The number of carboxylic acid groups (broad SMARTS) is 1. The molecule has 3 aromatic rings. The zero-order valence-electron chi connectivity index (χ0n) is 14.1. The quantitative estimate of drug-likeness (QED) is 0.654. The predicted molar refractivity (Wildman–Crippen MR) is 95.9 cm³/mol. The van der Waals surface area contributed by atoms with Crippen molar-refractivity contribution in [3.05, 3.63) is 64.6 Å². The topological polar surface area (TPSA) is 62.3 Å². The number of hydrogen-bond acceptors (Lipinski definition) is 2. The molecule has 1 atom stereocenters. The number of hydrogen-bond donors (Lipinski definition) is 2. The van der Waals surface area contributed by atoms with E-state index in [2.05, 4.69) is 16.8 Å². The van der Waals surface area contributed by atoms with E-state index in [-0.39, 0.29) is 5.82 Å². The monoisotopic (exact) mass is 349 g/mol. The summed E-state index contributed by atoms with van der Waals surface area (Å²) in [5, 5.41) is 10.1. The average molecular weight is 349 g/mol. The molecule has 26 heavy (non-hydrogen) atoms. The maximum Gasteiger partial charge on any atom is 0.311 e. The standard InChI is InChI=1S/C21H16FNO3/c1-12-2-6-15-14(11-23-20(15)19(12)22)5-3-13-4-7-18-17(10-13)16(21(24)25)8-9-26-18/h2,4,6-7,10-11,16,23H,8-9H2,1H3,(H,24,25). The van der Waals surface area contributed by atoms with E-state index in [9.17, 15) is 14.3 Å². The molecule has 0 radical (unpaired) electrons. The number of carbonyl (C=O) groups is 1. The summed E-state index contributed by atoms with van der Waals surface area (Å²) in [6.45, 7) is 2.12. The Hall–Kier alpha value is -3.26. The lowest BCUT2D eigenvalue weighted by Crippen LogP contribution is -2.20. The first-order chi connectivity index (χ1) is 12.5. The van der Waals surface area contributed by atoms with Gasteiger partial charge in [0.25, 0.3) is 0 Å². The first-order valence-electron chi connectivity index (χ1n) is 8.32. The summed E-state index contributed by atoms with van der Waals surface area (Å²) < 4.78 is 19.7. The third-order valence-electron chi connectivity index (χ3n) is 4.67. The number of aromatic nitrogens is 1. The van der Waals surface area contributed by atoms with Crippen LogP contribution < -0.4 is 4.74 Å². The average Bonchev–Trinajstić information content (AvgIpc) is 3.06. The van der Waals surface area contributed by atoms with Gasteiger partial charge in [-0.15, -0.1) is 0 Å². The molecule has 0 amide bonds. The number of carboxylic acids is 1. The molecule has 4 rings (SSSR count). The predicted octanol–water partition coefficient (Wildman–Crippen LogP) is 3.97. The highest BCUT2D eigenvalue weighted by molar-refractivity contribution is 5.87. The summed E-state index contributed by atoms with van der Waals surface area (Å²) in [6.07, 6.45) is 2.13. The third kappa shape index (κ3) is 2.70. The third-order valence-corrected chi connectivity index (χ3v) is 4.67. The van der Waals surface area contributed by atoms with E-state index in [1.54, 1.807) is 37.4 Å². The van der Waals surface area contributed by atoms with Gasteiger partial charge in [0.1, 0.15) is 11.6 Å². The summed E-state index contributed by atoms with van der Waals surface area (Å²) in [5.41, 5.74) is 3.06. The van der Waals surface area contributed by atoms with Crippen LogP contribution in [0.2, 0.25) is 0 Å².